The van der Waals surface area contributed by atoms with Crippen molar-refractivity contribution in [2.24, 2.45) is 5.92 Å². The molecular formula is C13H25NO2. The summed E-state index contributed by atoms with van der Waals surface area (Å²) in [5, 5.41) is 3.40. The largest absolute Gasteiger partial charge is 0.380 e. The first kappa shape index (κ1) is 12.3. The van der Waals surface area contributed by atoms with Gasteiger partial charge in [0.2, 0.25) is 0 Å². The molecule has 1 heterocycles. The van der Waals surface area contributed by atoms with E-state index in [0.29, 0.717) is 6.10 Å². The molecule has 0 bridgehead atoms. The Bertz CT molecular complexity index is 155. The maximum Gasteiger partial charge on any atom is 0.0700 e. The van der Waals surface area contributed by atoms with Gasteiger partial charge < -0.3 is 14.8 Å². The van der Waals surface area contributed by atoms with Gasteiger partial charge >= 0.3 is 0 Å². The monoisotopic (exact) mass is 227 g/mol. The second kappa shape index (κ2) is 7.25. The maximum absolute atomic E-state index is 5.68. The summed E-state index contributed by atoms with van der Waals surface area (Å²) in [5.41, 5.74) is 0. The van der Waals surface area contributed by atoms with Crippen LogP contribution in [0, 0.1) is 5.92 Å². The van der Waals surface area contributed by atoms with Gasteiger partial charge in [-0.3, -0.25) is 0 Å². The van der Waals surface area contributed by atoms with Crippen molar-refractivity contribution in [1.29, 1.82) is 0 Å². The molecule has 0 aromatic rings. The summed E-state index contributed by atoms with van der Waals surface area (Å²) in [6.07, 6.45) is 8.47. The molecule has 3 heteroatoms. The standard InChI is InChI=1S/C13H25NO2/c1-2-5-12(4-1)11-15-9-7-14-10-13-6-3-8-16-13/h12-14H,1-11H2. The van der Waals surface area contributed by atoms with E-state index >= 15 is 0 Å². The van der Waals surface area contributed by atoms with Gasteiger partial charge in [0, 0.05) is 26.3 Å². The van der Waals surface area contributed by atoms with Crippen LogP contribution < -0.4 is 5.32 Å². The first-order chi connectivity index (χ1) is 7.95. The fourth-order valence-corrected chi connectivity index (χ4v) is 2.64. The molecule has 1 atom stereocenters. The molecule has 94 valence electrons. The van der Waals surface area contributed by atoms with Gasteiger partial charge in [0.05, 0.1) is 12.7 Å². The SMILES string of the molecule is C1CCC(COCCNCC2CCCO2)C1. The Balaban J connectivity index is 1.37. The van der Waals surface area contributed by atoms with Crippen molar-refractivity contribution in [1.82, 2.24) is 5.32 Å². The van der Waals surface area contributed by atoms with Crippen molar-refractivity contribution in [3.8, 4) is 0 Å². The van der Waals surface area contributed by atoms with Gasteiger partial charge in [0.1, 0.15) is 0 Å². The van der Waals surface area contributed by atoms with Crippen molar-refractivity contribution >= 4 is 0 Å². The highest BCUT2D eigenvalue weighted by molar-refractivity contribution is 4.68. The summed E-state index contributed by atoms with van der Waals surface area (Å²) in [5.74, 6) is 0.846. The van der Waals surface area contributed by atoms with E-state index in [1.807, 2.05) is 0 Å². The van der Waals surface area contributed by atoms with Crippen LogP contribution in [0.3, 0.4) is 0 Å². The summed E-state index contributed by atoms with van der Waals surface area (Å²) in [4.78, 5) is 0. The highest BCUT2D eigenvalue weighted by Crippen LogP contribution is 2.24. The lowest BCUT2D eigenvalue weighted by atomic mass is 10.1. The third-order valence-electron chi connectivity index (χ3n) is 3.65. The van der Waals surface area contributed by atoms with Crippen LogP contribution in [0.25, 0.3) is 0 Å². The Morgan fingerprint density at radius 2 is 2.00 bits per heavy atom. The minimum Gasteiger partial charge on any atom is -0.380 e. The molecule has 16 heavy (non-hydrogen) atoms. The summed E-state index contributed by atoms with van der Waals surface area (Å²) in [7, 11) is 0. The van der Waals surface area contributed by atoms with Gasteiger partial charge in [-0.2, -0.15) is 0 Å². The molecule has 1 saturated carbocycles. The van der Waals surface area contributed by atoms with Crippen LogP contribution in [0.5, 0.6) is 0 Å². The first-order valence-corrected chi connectivity index (χ1v) is 6.85. The average Bonchev–Trinajstić information content (AvgIpc) is 2.96. The van der Waals surface area contributed by atoms with Gasteiger partial charge in [0.25, 0.3) is 0 Å². The molecule has 0 radical (unpaired) electrons. The number of ether oxygens (including phenoxy) is 2. The van der Waals surface area contributed by atoms with Gasteiger partial charge in [-0.1, -0.05) is 12.8 Å². The summed E-state index contributed by atoms with van der Waals surface area (Å²) in [6, 6.07) is 0. The molecule has 0 aromatic heterocycles. The summed E-state index contributed by atoms with van der Waals surface area (Å²) >= 11 is 0. The lowest BCUT2D eigenvalue weighted by Crippen LogP contribution is -2.29. The molecule has 3 nitrogen and oxygen atoms in total. The van der Waals surface area contributed by atoms with E-state index in [0.717, 1.165) is 38.8 Å². The van der Waals surface area contributed by atoms with Gasteiger partial charge in [-0.05, 0) is 31.6 Å². The first-order valence-electron chi connectivity index (χ1n) is 6.85. The molecule has 2 aliphatic rings. The van der Waals surface area contributed by atoms with Crippen LogP contribution >= 0.6 is 0 Å². The van der Waals surface area contributed by atoms with Gasteiger partial charge in [0.15, 0.2) is 0 Å². The molecule has 0 aromatic carbocycles. The van der Waals surface area contributed by atoms with Crippen LogP contribution in [-0.4, -0.2) is 39.0 Å². The van der Waals surface area contributed by atoms with Crippen LogP contribution in [0.2, 0.25) is 0 Å². The van der Waals surface area contributed by atoms with E-state index in [4.69, 9.17) is 9.47 Å². The lowest BCUT2D eigenvalue weighted by molar-refractivity contribution is 0.0907. The van der Waals surface area contributed by atoms with Crippen molar-refractivity contribution in [3.63, 3.8) is 0 Å². The molecule has 1 unspecified atom stereocenters. The molecule has 1 aliphatic carbocycles. The van der Waals surface area contributed by atoms with Crippen LogP contribution in [-0.2, 0) is 9.47 Å². The zero-order valence-electron chi connectivity index (χ0n) is 10.2. The number of nitrogens with one attached hydrogen (secondary N) is 1. The molecule has 0 amide bonds. The molecule has 2 fully saturated rings. The van der Waals surface area contributed by atoms with Crippen molar-refractivity contribution < 1.29 is 9.47 Å². The predicted molar refractivity (Wildman–Crippen MR) is 64.6 cm³/mol. The molecular weight excluding hydrogens is 202 g/mol. The van der Waals surface area contributed by atoms with E-state index in [1.165, 1.54) is 38.5 Å². The second-order valence-corrected chi connectivity index (χ2v) is 5.06. The Labute approximate surface area is 98.9 Å². The minimum absolute atomic E-state index is 0.454. The Kier molecular flexibility index (Phi) is 5.59. The van der Waals surface area contributed by atoms with E-state index < -0.39 is 0 Å². The summed E-state index contributed by atoms with van der Waals surface area (Å²) < 4.78 is 11.2. The number of hydrogen-bond donors (Lipinski definition) is 1. The minimum atomic E-state index is 0.454. The molecule has 2 rings (SSSR count). The quantitative estimate of drug-likeness (QED) is 0.674. The highest BCUT2D eigenvalue weighted by Gasteiger charge is 2.15. The molecule has 1 N–H and O–H groups in total. The van der Waals surface area contributed by atoms with E-state index in [-0.39, 0.29) is 0 Å². The Morgan fingerprint density at radius 3 is 2.75 bits per heavy atom. The zero-order valence-corrected chi connectivity index (χ0v) is 10.2. The predicted octanol–water partition coefficient (Wildman–Crippen LogP) is 1.96. The van der Waals surface area contributed by atoms with Crippen molar-refractivity contribution in [2.45, 2.75) is 44.6 Å². The van der Waals surface area contributed by atoms with E-state index in [9.17, 15) is 0 Å². The van der Waals surface area contributed by atoms with Crippen LogP contribution in [0.1, 0.15) is 38.5 Å². The molecule has 1 aliphatic heterocycles. The number of rotatable bonds is 7. The average molecular weight is 227 g/mol. The lowest BCUT2D eigenvalue weighted by Gasteiger charge is -2.12. The maximum atomic E-state index is 5.68. The van der Waals surface area contributed by atoms with Crippen LogP contribution in [0.4, 0.5) is 0 Å². The Hall–Kier alpha value is -0.120. The fraction of sp³-hybridized carbons (Fsp3) is 1.00. The molecule has 0 spiro atoms. The second-order valence-electron chi connectivity index (χ2n) is 5.06. The zero-order chi connectivity index (χ0) is 11.1. The van der Waals surface area contributed by atoms with Crippen molar-refractivity contribution in [2.75, 3.05) is 32.9 Å². The third kappa shape index (κ3) is 4.40. The van der Waals surface area contributed by atoms with Crippen LogP contribution in [0.15, 0.2) is 0 Å². The number of hydrogen-bond acceptors (Lipinski definition) is 3. The third-order valence-corrected chi connectivity index (χ3v) is 3.65. The van der Waals surface area contributed by atoms with Crippen molar-refractivity contribution in [3.05, 3.63) is 0 Å². The topological polar surface area (TPSA) is 30.5 Å². The normalized spacial score (nSPS) is 26.6. The smallest absolute Gasteiger partial charge is 0.0700 e. The highest BCUT2D eigenvalue weighted by atomic mass is 16.5. The van der Waals surface area contributed by atoms with E-state index in [2.05, 4.69) is 5.32 Å². The fourth-order valence-electron chi connectivity index (χ4n) is 2.64. The Morgan fingerprint density at radius 1 is 1.12 bits per heavy atom. The molecule has 1 saturated heterocycles. The summed E-state index contributed by atoms with van der Waals surface area (Å²) in [6.45, 7) is 4.73. The van der Waals surface area contributed by atoms with Gasteiger partial charge in [-0.25, -0.2) is 0 Å². The van der Waals surface area contributed by atoms with E-state index in [1.54, 1.807) is 0 Å². The van der Waals surface area contributed by atoms with Gasteiger partial charge in [-0.15, -0.1) is 0 Å².